The fourth-order valence-electron chi connectivity index (χ4n) is 3.09. The van der Waals surface area contributed by atoms with Gasteiger partial charge in [0, 0.05) is 6.07 Å². The van der Waals surface area contributed by atoms with Crippen LogP contribution in [0.4, 0.5) is 4.39 Å². The van der Waals surface area contributed by atoms with Crippen LogP contribution in [0.3, 0.4) is 0 Å². The molecular weight excluding hydrogens is 423 g/mol. The summed E-state index contributed by atoms with van der Waals surface area (Å²) in [5.41, 5.74) is 1.54. The van der Waals surface area contributed by atoms with Gasteiger partial charge in [-0.05, 0) is 37.3 Å². The summed E-state index contributed by atoms with van der Waals surface area (Å²) in [4.78, 5) is 12.7. The zero-order valence-electron chi connectivity index (χ0n) is 16.2. The van der Waals surface area contributed by atoms with Crippen molar-refractivity contribution in [3.63, 3.8) is 0 Å². The third-order valence-electron chi connectivity index (χ3n) is 4.45. The van der Waals surface area contributed by atoms with Gasteiger partial charge in [0.1, 0.15) is 11.5 Å². The highest BCUT2D eigenvalue weighted by Crippen LogP contribution is 2.34. The van der Waals surface area contributed by atoms with Gasteiger partial charge in [0.05, 0.1) is 46.3 Å². The zero-order valence-corrected chi connectivity index (χ0v) is 16.9. The minimum Gasteiger partial charge on any atom is -0.461 e. The number of hydrogen-bond donors (Lipinski definition) is 0. The SMILES string of the molecule is CCOC(=O)c1c(-c2cc(-c3c(F)cccc3Cl)no2)cnn1-c1cccc(C#N)c1. The molecule has 0 N–H and O–H groups in total. The van der Waals surface area contributed by atoms with E-state index in [9.17, 15) is 14.4 Å². The number of benzene rings is 2. The molecule has 2 heterocycles. The normalized spacial score (nSPS) is 10.6. The molecule has 4 rings (SSSR count). The van der Waals surface area contributed by atoms with Crippen molar-refractivity contribution < 1.29 is 18.4 Å². The maximum atomic E-state index is 14.3. The Morgan fingerprint density at radius 2 is 2.10 bits per heavy atom. The van der Waals surface area contributed by atoms with Gasteiger partial charge in [0.15, 0.2) is 11.5 Å². The number of esters is 1. The number of rotatable bonds is 5. The molecular formula is C22H14ClFN4O3. The highest BCUT2D eigenvalue weighted by molar-refractivity contribution is 6.33. The summed E-state index contributed by atoms with van der Waals surface area (Å²) in [7, 11) is 0. The van der Waals surface area contributed by atoms with E-state index in [0.717, 1.165) is 0 Å². The van der Waals surface area contributed by atoms with Crippen molar-refractivity contribution in [2.45, 2.75) is 6.92 Å². The number of nitriles is 1. The molecule has 0 aliphatic carbocycles. The fraction of sp³-hybridized carbons (Fsp3) is 0.0909. The standard InChI is InChI=1S/C22H14ClFN4O3/c1-2-30-22(29)21-15(12-26-28(21)14-6-3-5-13(9-14)11-25)19-10-18(27-31-19)20-16(23)7-4-8-17(20)24/h3-10,12H,2H2,1H3. The van der Waals surface area contributed by atoms with E-state index in [1.165, 1.54) is 29.1 Å². The lowest BCUT2D eigenvalue weighted by atomic mass is 10.1. The van der Waals surface area contributed by atoms with Gasteiger partial charge in [-0.3, -0.25) is 0 Å². The molecule has 7 nitrogen and oxygen atoms in total. The number of carbonyl (C=O) groups is 1. The Morgan fingerprint density at radius 3 is 2.84 bits per heavy atom. The average Bonchev–Trinajstić information content (AvgIpc) is 3.41. The Labute approximate surface area is 181 Å². The molecule has 0 radical (unpaired) electrons. The summed E-state index contributed by atoms with van der Waals surface area (Å²) in [6.45, 7) is 1.83. The van der Waals surface area contributed by atoms with Gasteiger partial charge in [-0.25, -0.2) is 13.9 Å². The molecule has 0 saturated carbocycles. The summed E-state index contributed by atoms with van der Waals surface area (Å²) in [6.07, 6.45) is 1.42. The molecule has 0 unspecified atom stereocenters. The summed E-state index contributed by atoms with van der Waals surface area (Å²) in [5.74, 6) is -1.01. The van der Waals surface area contributed by atoms with Crippen LogP contribution in [-0.2, 0) is 4.74 Å². The number of halogens is 2. The zero-order chi connectivity index (χ0) is 22.0. The summed E-state index contributed by atoms with van der Waals surface area (Å²) in [5, 5.41) is 17.5. The summed E-state index contributed by atoms with van der Waals surface area (Å²) >= 11 is 6.12. The second-order valence-electron chi connectivity index (χ2n) is 6.37. The van der Waals surface area contributed by atoms with Gasteiger partial charge >= 0.3 is 5.97 Å². The Balaban J connectivity index is 1.85. The maximum Gasteiger partial charge on any atom is 0.357 e. The van der Waals surface area contributed by atoms with E-state index in [0.29, 0.717) is 16.8 Å². The maximum absolute atomic E-state index is 14.3. The molecule has 0 aliphatic rings. The van der Waals surface area contributed by atoms with Gasteiger partial charge in [-0.15, -0.1) is 0 Å². The van der Waals surface area contributed by atoms with E-state index in [2.05, 4.69) is 10.3 Å². The van der Waals surface area contributed by atoms with E-state index in [1.807, 2.05) is 6.07 Å². The van der Waals surface area contributed by atoms with Crippen LogP contribution >= 0.6 is 11.6 Å². The van der Waals surface area contributed by atoms with Crippen LogP contribution in [0.1, 0.15) is 23.0 Å². The minimum absolute atomic E-state index is 0.0827. The van der Waals surface area contributed by atoms with Crippen LogP contribution in [0, 0.1) is 17.1 Å². The number of ether oxygens (including phenoxy) is 1. The van der Waals surface area contributed by atoms with Crippen LogP contribution in [0.5, 0.6) is 0 Å². The number of carbonyl (C=O) groups excluding carboxylic acids is 1. The second kappa shape index (κ2) is 8.42. The molecule has 0 fully saturated rings. The molecule has 0 amide bonds. The number of nitrogens with zero attached hydrogens (tertiary/aromatic N) is 4. The third-order valence-corrected chi connectivity index (χ3v) is 4.77. The lowest BCUT2D eigenvalue weighted by Gasteiger charge is -2.08. The molecule has 4 aromatic rings. The van der Waals surface area contributed by atoms with E-state index in [1.54, 1.807) is 37.3 Å². The predicted octanol–water partition coefficient (Wildman–Crippen LogP) is 5.04. The molecule has 2 aromatic carbocycles. The van der Waals surface area contributed by atoms with Crippen molar-refractivity contribution in [1.82, 2.24) is 14.9 Å². The lowest BCUT2D eigenvalue weighted by molar-refractivity contribution is 0.0516. The molecule has 154 valence electrons. The summed E-state index contributed by atoms with van der Waals surface area (Å²) < 4.78 is 26.2. The van der Waals surface area contributed by atoms with Crippen molar-refractivity contribution in [2.24, 2.45) is 0 Å². The van der Waals surface area contributed by atoms with Gasteiger partial charge in [0.25, 0.3) is 0 Å². The van der Waals surface area contributed by atoms with Crippen LogP contribution in [-0.4, -0.2) is 27.5 Å². The van der Waals surface area contributed by atoms with Crippen molar-refractivity contribution >= 4 is 17.6 Å². The Kier molecular flexibility index (Phi) is 5.52. The van der Waals surface area contributed by atoms with E-state index in [-0.39, 0.29) is 34.3 Å². The van der Waals surface area contributed by atoms with E-state index in [4.69, 9.17) is 20.9 Å². The largest absolute Gasteiger partial charge is 0.461 e. The molecule has 0 atom stereocenters. The van der Waals surface area contributed by atoms with Crippen molar-refractivity contribution in [3.05, 3.63) is 76.8 Å². The first-order chi connectivity index (χ1) is 15.0. The van der Waals surface area contributed by atoms with Crippen molar-refractivity contribution in [2.75, 3.05) is 6.61 Å². The van der Waals surface area contributed by atoms with Gasteiger partial charge in [-0.1, -0.05) is 28.9 Å². The van der Waals surface area contributed by atoms with Crippen LogP contribution in [0.25, 0.3) is 28.3 Å². The summed E-state index contributed by atoms with van der Waals surface area (Å²) in [6, 6.07) is 14.4. The molecule has 0 saturated heterocycles. The van der Waals surface area contributed by atoms with Gasteiger partial charge < -0.3 is 9.26 Å². The monoisotopic (exact) mass is 436 g/mol. The van der Waals surface area contributed by atoms with Crippen molar-refractivity contribution in [3.8, 4) is 34.3 Å². The van der Waals surface area contributed by atoms with E-state index < -0.39 is 11.8 Å². The highest BCUT2D eigenvalue weighted by Gasteiger charge is 2.26. The van der Waals surface area contributed by atoms with Gasteiger partial charge in [-0.2, -0.15) is 10.4 Å². The van der Waals surface area contributed by atoms with Crippen molar-refractivity contribution in [1.29, 1.82) is 5.26 Å². The van der Waals surface area contributed by atoms with Crippen LogP contribution in [0.2, 0.25) is 5.02 Å². The highest BCUT2D eigenvalue weighted by atomic mass is 35.5. The average molecular weight is 437 g/mol. The molecule has 2 aromatic heterocycles. The lowest BCUT2D eigenvalue weighted by Crippen LogP contribution is -2.13. The second-order valence-corrected chi connectivity index (χ2v) is 6.78. The minimum atomic E-state index is -0.640. The molecule has 9 heteroatoms. The molecule has 0 spiro atoms. The van der Waals surface area contributed by atoms with Crippen LogP contribution in [0.15, 0.2) is 59.3 Å². The molecule has 31 heavy (non-hydrogen) atoms. The first-order valence-electron chi connectivity index (χ1n) is 9.20. The fourth-order valence-corrected chi connectivity index (χ4v) is 3.35. The Hall–Kier alpha value is -3.96. The Bertz CT molecular complexity index is 1300. The quantitative estimate of drug-likeness (QED) is 0.407. The topological polar surface area (TPSA) is 93.9 Å². The number of hydrogen-bond acceptors (Lipinski definition) is 6. The number of aromatic nitrogens is 3. The van der Waals surface area contributed by atoms with Crippen LogP contribution < -0.4 is 0 Å². The third kappa shape index (κ3) is 3.79. The smallest absolute Gasteiger partial charge is 0.357 e. The predicted molar refractivity (Wildman–Crippen MR) is 110 cm³/mol. The Morgan fingerprint density at radius 1 is 1.29 bits per heavy atom. The van der Waals surface area contributed by atoms with E-state index >= 15 is 0 Å². The van der Waals surface area contributed by atoms with Gasteiger partial charge in [0.2, 0.25) is 0 Å². The molecule has 0 aliphatic heterocycles. The first-order valence-corrected chi connectivity index (χ1v) is 9.58. The first kappa shape index (κ1) is 20.3. The molecule has 0 bridgehead atoms.